The van der Waals surface area contributed by atoms with Gasteiger partial charge >= 0.3 is 0 Å². The summed E-state index contributed by atoms with van der Waals surface area (Å²) in [6, 6.07) is 13.7. The van der Waals surface area contributed by atoms with Crippen LogP contribution in [0.2, 0.25) is 0 Å². The number of pyridine rings is 1. The number of hydrogen-bond acceptors (Lipinski definition) is 3. The zero-order chi connectivity index (χ0) is 16.3. The van der Waals surface area contributed by atoms with Gasteiger partial charge in [0.15, 0.2) is 5.96 Å². The summed E-state index contributed by atoms with van der Waals surface area (Å²) in [4.78, 5) is 8.88. The van der Waals surface area contributed by atoms with Crippen molar-refractivity contribution >= 4 is 5.96 Å². The molecular weight excluding hydrogens is 288 g/mol. The van der Waals surface area contributed by atoms with E-state index >= 15 is 0 Å². The number of rotatable bonds is 7. The highest BCUT2D eigenvalue weighted by Crippen LogP contribution is 2.13. The average Bonchev–Trinajstić information content (AvgIpc) is 2.62. The maximum atomic E-state index is 5.23. The number of ether oxygens (including phenoxy) is 1. The third-order valence-electron chi connectivity index (χ3n) is 3.13. The molecule has 0 saturated heterocycles. The van der Waals surface area contributed by atoms with Crippen LogP contribution in [0.4, 0.5) is 0 Å². The minimum absolute atomic E-state index is 0.561. The van der Waals surface area contributed by atoms with Crippen molar-refractivity contribution in [1.29, 1.82) is 0 Å². The lowest BCUT2D eigenvalue weighted by atomic mass is 10.2. The van der Waals surface area contributed by atoms with Gasteiger partial charge in [0.1, 0.15) is 5.75 Å². The highest BCUT2D eigenvalue weighted by molar-refractivity contribution is 5.79. The molecule has 0 atom stereocenters. The summed E-state index contributed by atoms with van der Waals surface area (Å²) >= 11 is 0. The van der Waals surface area contributed by atoms with Crippen LogP contribution >= 0.6 is 0 Å². The lowest BCUT2D eigenvalue weighted by molar-refractivity contribution is 0.414. The monoisotopic (exact) mass is 310 g/mol. The van der Waals surface area contributed by atoms with Crippen molar-refractivity contribution in [3.63, 3.8) is 0 Å². The maximum absolute atomic E-state index is 5.23. The van der Waals surface area contributed by atoms with Crippen LogP contribution in [0, 0.1) is 0 Å². The van der Waals surface area contributed by atoms with E-state index in [1.54, 1.807) is 19.4 Å². The quantitative estimate of drug-likeness (QED) is 0.469. The highest BCUT2D eigenvalue weighted by Gasteiger charge is 2.00. The number of hydrogen-bond donors (Lipinski definition) is 2. The standard InChI is InChI=1S/C18H22N4O/c1-3-10-20-18(22-14-16-8-4-5-11-19-16)21-13-15-7-6-9-17(12-15)23-2/h3-9,11-12H,1,10,13-14H2,2H3,(H2,20,21,22). The van der Waals surface area contributed by atoms with Gasteiger partial charge in [-0.15, -0.1) is 6.58 Å². The molecular formula is C18H22N4O. The van der Waals surface area contributed by atoms with E-state index in [4.69, 9.17) is 4.74 Å². The SMILES string of the molecule is C=CCNC(=NCc1cccc(OC)c1)NCc1ccccn1. The van der Waals surface area contributed by atoms with Gasteiger partial charge in [0.25, 0.3) is 0 Å². The summed E-state index contributed by atoms with van der Waals surface area (Å²) in [5.74, 6) is 1.55. The molecule has 23 heavy (non-hydrogen) atoms. The van der Waals surface area contributed by atoms with Crippen LogP contribution in [0.25, 0.3) is 0 Å². The van der Waals surface area contributed by atoms with Crippen LogP contribution < -0.4 is 15.4 Å². The molecule has 0 aliphatic heterocycles. The smallest absolute Gasteiger partial charge is 0.192 e. The van der Waals surface area contributed by atoms with Gasteiger partial charge in [-0.2, -0.15) is 0 Å². The van der Waals surface area contributed by atoms with E-state index in [1.807, 2.05) is 42.5 Å². The van der Waals surface area contributed by atoms with Crippen LogP contribution in [0.3, 0.4) is 0 Å². The van der Waals surface area contributed by atoms with E-state index < -0.39 is 0 Å². The molecule has 0 fully saturated rings. The molecule has 5 heteroatoms. The lowest BCUT2D eigenvalue weighted by Gasteiger charge is -2.11. The fraction of sp³-hybridized carbons (Fsp3) is 0.222. The van der Waals surface area contributed by atoms with Crippen LogP contribution in [-0.2, 0) is 13.1 Å². The second kappa shape index (κ2) is 9.25. The molecule has 0 aliphatic carbocycles. The van der Waals surface area contributed by atoms with Crippen LogP contribution in [0.15, 0.2) is 66.3 Å². The normalized spacial score (nSPS) is 10.9. The fourth-order valence-corrected chi connectivity index (χ4v) is 1.96. The molecule has 1 aromatic heterocycles. The first-order chi connectivity index (χ1) is 11.3. The molecule has 0 amide bonds. The maximum Gasteiger partial charge on any atom is 0.192 e. The van der Waals surface area contributed by atoms with E-state index in [-0.39, 0.29) is 0 Å². The molecule has 2 N–H and O–H groups in total. The first kappa shape index (κ1) is 16.5. The van der Waals surface area contributed by atoms with E-state index in [0.29, 0.717) is 19.6 Å². The molecule has 0 bridgehead atoms. The number of nitrogens with zero attached hydrogens (tertiary/aromatic N) is 2. The Hall–Kier alpha value is -2.82. The number of nitrogens with one attached hydrogen (secondary N) is 2. The van der Waals surface area contributed by atoms with Crippen LogP contribution in [-0.4, -0.2) is 24.6 Å². The van der Waals surface area contributed by atoms with Crippen molar-refractivity contribution in [2.45, 2.75) is 13.1 Å². The van der Waals surface area contributed by atoms with E-state index in [1.165, 1.54) is 0 Å². The van der Waals surface area contributed by atoms with Gasteiger partial charge in [0.2, 0.25) is 0 Å². The minimum Gasteiger partial charge on any atom is -0.497 e. The average molecular weight is 310 g/mol. The van der Waals surface area contributed by atoms with Crippen molar-refractivity contribution in [2.75, 3.05) is 13.7 Å². The molecule has 2 aromatic rings. The van der Waals surface area contributed by atoms with Crippen molar-refractivity contribution < 1.29 is 4.74 Å². The molecule has 5 nitrogen and oxygen atoms in total. The van der Waals surface area contributed by atoms with Crippen molar-refractivity contribution in [3.05, 3.63) is 72.6 Å². The first-order valence-corrected chi connectivity index (χ1v) is 7.47. The molecule has 0 radical (unpaired) electrons. The summed E-state index contributed by atoms with van der Waals surface area (Å²) in [6.45, 7) is 5.54. The Morgan fingerprint density at radius 3 is 2.91 bits per heavy atom. The van der Waals surface area contributed by atoms with Crippen LogP contribution in [0.1, 0.15) is 11.3 Å². The van der Waals surface area contributed by atoms with Gasteiger partial charge in [0.05, 0.1) is 25.9 Å². The zero-order valence-corrected chi connectivity index (χ0v) is 13.3. The Morgan fingerprint density at radius 1 is 1.26 bits per heavy atom. The minimum atomic E-state index is 0.561. The summed E-state index contributed by atoms with van der Waals surface area (Å²) in [5.41, 5.74) is 2.05. The number of benzene rings is 1. The van der Waals surface area contributed by atoms with Gasteiger partial charge in [0, 0.05) is 12.7 Å². The molecule has 1 aromatic carbocycles. The topological polar surface area (TPSA) is 58.5 Å². The third kappa shape index (κ3) is 5.82. The second-order valence-electron chi connectivity index (χ2n) is 4.86. The zero-order valence-electron chi connectivity index (χ0n) is 13.3. The lowest BCUT2D eigenvalue weighted by Crippen LogP contribution is -2.37. The number of aromatic nitrogens is 1. The van der Waals surface area contributed by atoms with E-state index in [0.717, 1.165) is 23.0 Å². The Bertz CT molecular complexity index is 640. The van der Waals surface area contributed by atoms with Gasteiger partial charge < -0.3 is 15.4 Å². The Labute approximate surface area is 137 Å². The third-order valence-corrected chi connectivity index (χ3v) is 3.13. The number of methoxy groups -OCH3 is 1. The Kier molecular flexibility index (Phi) is 6.65. The number of guanidine groups is 1. The van der Waals surface area contributed by atoms with E-state index in [9.17, 15) is 0 Å². The van der Waals surface area contributed by atoms with Gasteiger partial charge in [-0.05, 0) is 29.8 Å². The molecule has 120 valence electrons. The van der Waals surface area contributed by atoms with Crippen molar-refractivity contribution in [1.82, 2.24) is 15.6 Å². The summed E-state index contributed by atoms with van der Waals surface area (Å²) in [6.07, 6.45) is 3.57. The summed E-state index contributed by atoms with van der Waals surface area (Å²) in [5, 5.41) is 6.47. The first-order valence-electron chi connectivity index (χ1n) is 7.47. The fourth-order valence-electron chi connectivity index (χ4n) is 1.96. The molecule has 0 saturated carbocycles. The Balaban J connectivity index is 1.99. The highest BCUT2D eigenvalue weighted by atomic mass is 16.5. The number of aliphatic imine (C=N–C) groups is 1. The van der Waals surface area contributed by atoms with Gasteiger partial charge in [-0.1, -0.05) is 24.3 Å². The predicted molar refractivity (Wildman–Crippen MR) is 93.4 cm³/mol. The van der Waals surface area contributed by atoms with Crippen LogP contribution in [0.5, 0.6) is 5.75 Å². The summed E-state index contributed by atoms with van der Waals surface area (Å²) in [7, 11) is 1.66. The van der Waals surface area contributed by atoms with Gasteiger partial charge in [-0.3, -0.25) is 4.98 Å². The molecule has 0 unspecified atom stereocenters. The molecule has 2 rings (SSSR count). The Morgan fingerprint density at radius 2 is 2.17 bits per heavy atom. The van der Waals surface area contributed by atoms with Crippen molar-refractivity contribution in [3.8, 4) is 5.75 Å². The second-order valence-corrected chi connectivity index (χ2v) is 4.86. The predicted octanol–water partition coefficient (Wildman–Crippen LogP) is 2.51. The molecule has 0 spiro atoms. The molecule has 1 heterocycles. The largest absolute Gasteiger partial charge is 0.497 e. The van der Waals surface area contributed by atoms with Crippen molar-refractivity contribution in [2.24, 2.45) is 4.99 Å². The van der Waals surface area contributed by atoms with Gasteiger partial charge in [-0.25, -0.2) is 4.99 Å². The molecule has 0 aliphatic rings. The van der Waals surface area contributed by atoms with E-state index in [2.05, 4.69) is 27.2 Å². The summed E-state index contributed by atoms with van der Waals surface area (Å²) < 4.78 is 5.23.